The number of aromatic nitrogens is 2. The van der Waals surface area contributed by atoms with Gasteiger partial charge < -0.3 is 25.0 Å². The molecule has 15 heteroatoms. The summed E-state index contributed by atoms with van der Waals surface area (Å²) in [5, 5.41) is 6.15. The fraction of sp³-hybridized carbons (Fsp3) is 0.548. The van der Waals surface area contributed by atoms with Gasteiger partial charge in [0.15, 0.2) is 5.50 Å². The van der Waals surface area contributed by atoms with E-state index in [1.165, 1.54) is 31.1 Å². The number of anilines is 1. The number of methoxy groups -OCH3 is 1. The second-order valence-corrected chi connectivity index (χ2v) is 12.6. The number of piperazine rings is 1. The van der Waals surface area contributed by atoms with Crippen LogP contribution in [0.1, 0.15) is 54.7 Å². The number of hydrogen-bond acceptors (Lipinski definition) is 11. The first-order valence-electron chi connectivity index (χ1n) is 15.5. The van der Waals surface area contributed by atoms with Crippen molar-refractivity contribution in [1.29, 1.82) is 0 Å². The van der Waals surface area contributed by atoms with Crippen LogP contribution in [-0.4, -0.2) is 103 Å². The van der Waals surface area contributed by atoms with Crippen LogP contribution in [0.25, 0.3) is 5.70 Å². The van der Waals surface area contributed by atoms with Gasteiger partial charge in [0.25, 0.3) is 5.91 Å². The summed E-state index contributed by atoms with van der Waals surface area (Å²) in [6.07, 6.45) is 0.879. The standard InChI is InChI=1S/C31H40F3N7O4S/c1-4-45-27(42)9-11-39-12-14-40(15-13-39)26-18-35-23(17-36-26)29(43)38-30-37-28(25(46-30)19-41-10-5-6-20(41)2)21-7-8-24(44-3)22(16-21)31(32,33)34/h7-8,16-18,20,30,37H,4-6,9-15,19H2,1-3H3,(H,38,43). The van der Waals surface area contributed by atoms with Crippen LogP contribution in [0.15, 0.2) is 35.5 Å². The number of likely N-dealkylation sites (tertiary alicyclic amines) is 1. The molecule has 0 radical (unpaired) electrons. The van der Waals surface area contributed by atoms with Gasteiger partial charge >= 0.3 is 12.1 Å². The molecule has 1 aromatic carbocycles. The van der Waals surface area contributed by atoms with Gasteiger partial charge in [0.05, 0.1) is 43.8 Å². The quantitative estimate of drug-likeness (QED) is 0.343. The van der Waals surface area contributed by atoms with E-state index in [-0.39, 0.29) is 17.4 Å². The van der Waals surface area contributed by atoms with Crippen LogP contribution < -0.4 is 20.3 Å². The Balaban J connectivity index is 1.22. The Bertz CT molecular complexity index is 1420. The molecule has 1 aromatic heterocycles. The predicted molar refractivity (Wildman–Crippen MR) is 169 cm³/mol. The van der Waals surface area contributed by atoms with Crippen LogP contribution in [0, 0.1) is 0 Å². The predicted octanol–water partition coefficient (Wildman–Crippen LogP) is 3.78. The minimum Gasteiger partial charge on any atom is -0.496 e. The lowest BCUT2D eigenvalue weighted by molar-refractivity contribution is -0.143. The van der Waals surface area contributed by atoms with Crippen LogP contribution in [-0.2, 0) is 15.7 Å². The van der Waals surface area contributed by atoms with E-state index < -0.39 is 23.1 Å². The van der Waals surface area contributed by atoms with Crippen molar-refractivity contribution < 1.29 is 32.2 Å². The average molecular weight is 664 g/mol. The van der Waals surface area contributed by atoms with E-state index in [1.54, 1.807) is 19.2 Å². The lowest BCUT2D eigenvalue weighted by atomic mass is 10.1. The number of carbonyl (C=O) groups excluding carboxylic acids is 2. The topological polar surface area (TPSA) is 112 Å². The molecule has 0 bridgehead atoms. The van der Waals surface area contributed by atoms with E-state index in [0.29, 0.717) is 62.3 Å². The monoisotopic (exact) mass is 663 g/mol. The summed E-state index contributed by atoms with van der Waals surface area (Å²) in [5.41, 5.74) is -0.432. The Labute approximate surface area is 270 Å². The molecule has 0 spiro atoms. The summed E-state index contributed by atoms with van der Waals surface area (Å²) in [5.74, 6) is -0.244. The van der Waals surface area contributed by atoms with Crippen molar-refractivity contribution >= 4 is 35.2 Å². The molecule has 0 aliphatic carbocycles. The highest BCUT2D eigenvalue weighted by molar-refractivity contribution is 8.04. The summed E-state index contributed by atoms with van der Waals surface area (Å²) in [6.45, 7) is 9.35. The summed E-state index contributed by atoms with van der Waals surface area (Å²) < 4.78 is 51.5. The fourth-order valence-corrected chi connectivity index (χ4v) is 7.01. The van der Waals surface area contributed by atoms with Crippen LogP contribution in [0.4, 0.5) is 19.0 Å². The average Bonchev–Trinajstić information content (AvgIpc) is 3.64. The van der Waals surface area contributed by atoms with Crippen molar-refractivity contribution in [1.82, 2.24) is 30.4 Å². The first kappa shape index (κ1) is 33.8. The molecule has 2 saturated heterocycles. The van der Waals surface area contributed by atoms with Gasteiger partial charge in [-0.1, -0.05) is 11.8 Å². The molecule has 4 heterocycles. The Morgan fingerprint density at radius 3 is 2.54 bits per heavy atom. The molecule has 2 atom stereocenters. The summed E-state index contributed by atoms with van der Waals surface area (Å²) in [7, 11) is 1.21. The zero-order valence-electron chi connectivity index (χ0n) is 26.2. The number of carbonyl (C=O) groups is 2. The van der Waals surface area contributed by atoms with E-state index >= 15 is 0 Å². The molecule has 5 rings (SSSR count). The van der Waals surface area contributed by atoms with E-state index in [1.807, 2.05) is 0 Å². The number of thioether (sulfide) groups is 1. The van der Waals surface area contributed by atoms with Crippen LogP contribution in [0.3, 0.4) is 0 Å². The number of hydrogen-bond donors (Lipinski definition) is 2. The molecule has 2 fully saturated rings. The number of esters is 1. The molecule has 1 amide bonds. The number of alkyl halides is 3. The fourth-order valence-electron chi connectivity index (χ4n) is 5.84. The van der Waals surface area contributed by atoms with E-state index in [2.05, 4.69) is 42.2 Å². The zero-order chi connectivity index (χ0) is 32.8. The van der Waals surface area contributed by atoms with Gasteiger partial charge in [-0.3, -0.25) is 19.4 Å². The van der Waals surface area contributed by atoms with Gasteiger partial charge in [-0.15, -0.1) is 0 Å². The first-order chi connectivity index (χ1) is 22.0. The smallest absolute Gasteiger partial charge is 0.419 e. The number of ether oxygens (including phenoxy) is 2. The maximum absolute atomic E-state index is 13.8. The van der Waals surface area contributed by atoms with E-state index in [9.17, 15) is 22.8 Å². The molecule has 250 valence electrons. The van der Waals surface area contributed by atoms with E-state index in [0.717, 1.165) is 43.4 Å². The van der Waals surface area contributed by atoms with Crippen molar-refractivity contribution in [2.45, 2.75) is 50.8 Å². The number of nitrogens with one attached hydrogen (secondary N) is 2. The van der Waals surface area contributed by atoms with Crippen molar-refractivity contribution in [3.05, 3.63) is 52.3 Å². The SMILES string of the molecule is CCOC(=O)CCN1CCN(c2cnc(C(=O)NC3NC(c4ccc(OC)c(C(F)(F)F)c4)=C(CN4CCCC4C)S3)cn2)CC1. The third-order valence-corrected chi connectivity index (χ3v) is 9.50. The highest BCUT2D eigenvalue weighted by Gasteiger charge is 2.36. The van der Waals surface area contributed by atoms with Crippen molar-refractivity contribution in [2.75, 3.05) is 64.4 Å². The van der Waals surface area contributed by atoms with Gasteiger partial charge in [-0.2, -0.15) is 13.2 Å². The number of halogens is 3. The molecule has 2 N–H and O–H groups in total. The van der Waals surface area contributed by atoms with Gasteiger partial charge in [-0.25, -0.2) is 9.97 Å². The van der Waals surface area contributed by atoms with Gasteiger partial charge in [0.1, 0.15) is 17.3 Å². The highest BCUT2D eigenvalue weighted by atomic mass is 32.2. The maximum atomic E-state index is 13.8. The zero-order valence-corrected chi connectivity index (χ0v) is 27.0. The number of nitrogens with zero attached hydrogens (tertiary/aromatic N) is 5. The third-order valence-electron chi connectivity index (χ3n) is 8.41. The van der Waals surface area contributed by atoms with Gasteiger partial charge in [-0.05, 0) is 57.0 Å². The molecule has 3 aliphatic rings. The van der Waals surface area contributed by atoms with Crippen molar-refractivity contribution in [2.24, 2.45) is 0 Å². The van der Waals surface area contributed by atoms with E-state index in [4.69, 9.17) is 9.47 Å². The van der Waals surface area contributed by atoms with Gasteiger partial charge in [0, 0.05) is 50.2 Å². The normalized spacial score (nSPS) is 21.0. The number of rotatable bonds is 11. The molecular formula is C31H40F3N7O4S. The third kappa shape index (κ3) is 8.23. The van der Waals surface area contributed by atoms with Crippen LogP contribution >= 0.6 is 11.8 Å². The summed E-state index contributed by atoms with van der Waals surface area (Å²) >= 11 is 1.38. The largest absolute Gasteiger partial charge is 0.496 e. The lowest BCUT2D eigenvalue weighted by Crippen LogP contribution is -2.47. The number of amides is 1. The lowest BCUT2D eigenvalue weighted by Gasteiger charge is -2.35. The van der Waals surface area contributed by atoms with Crippen molar-refractivity contribution in [3.8, 4) is 5.75 Å². The second-order valence-electron chi connectivity index (χ2n) is 11.4. The minimum atomic E-state index is -4.59. The molecule has 0 saturated carbocycles. The Morgan fingerprint density at radius 1 is 1.13 bits per heavy atom. The Hall–Kier alpha value is -3.56. The molecule has 46 heavy (non-hydrogen) atoms. The Kier molecular flexibility index (Phi) is 10.9. The molecule has 2 aromatic rings. The van der Waals surface area contributed by atoms with Crippen LogP contribution in [0.2, 0.25) is 0 Å². The highest BCUT2D eigenvalue weighted by Crippen LogP contribution is 2.41. The Morgan fingerprint density at radius 2 is 1.91 bits per heavy atom. The first-order valence-corrected chi connectivity index (χ1v) is 16.4. The van der Waals surface area contributed by atoms with Crippen molar-refractivity contribution in [3.63, 3.8) is 0 Å². The molecule has 11 nitrogen and oxygen atoms in total. The second kappa shape index (κ2) is 14.9. The minimum absolute atomic E-state index is 0.131. The summed E-state index contributed by atoms with van der Waals surface area (Å²) in [4.78, 5) is 41.1. The molecule has 3 aliphatic heterocycles. The number of benzene rings is 1. The molecular weight excluding hydrogens is 623 g/mol. The van der Waals surface area contributed by atoms with Gasteiger partial charge in [0.2, 0.25) is 0 Å². The maximum Gasteiger partial charge on any atom is 0.419 e. The van der Waals surface area contributed by atoms with Crippen LogP contribution in [0.5, 0.6) is 5.75 Å². The summed E-state index contributed by atoms with van der Waals surface area (Å²) in [6, 6.07) is 4.36. The molecule has 2 unspecified atom stereocenters.